The van der Waals surface area contributed by atoms with Crippen LogP contribution in [0.2, 0.25) is 0 Å². The number of nitrogens with zero attached hydrogens (tertiary/aromatic N) is 2. The van der Waals surface area contributed by atoms with Crippen LogP contribution in [0.3, 0.4) is 0 Å². The van der Waals surface area contributed by atoms with Gasteiger partial charge in [0.05, 0.1) is 19.0 Å². The maximum Gasteiger partial charge on any atom is 0.150 e. The van der Waals surface area contributed by atoms with Gasteiger partial charge in [-0.15, -0.1) is 0 Å². The third kappa shape index (κ3) is 3.38. The minimum absolute atomic E-state index is 0.0683. The van der Waals surface area contributed by atoms with Crippen molar-refractivity contribution in [2.75, 3.05) is 0 Å². The van der Waals surface area contributed by atoms with Crippen LogP contribution < -0.4 is 0 Å². The Kier molecular flexibility index (Phi) is 3.64. The van der Waals surface area contributed by atoms with Gasteiger partial charge in [0.15, 0.2) is 6.29 Å². The molecule has 0 N–H and O–H groups in total. The summed E-state index contributed by atoms with van der Waals surface area (Å²) in [6.07, 6.45) is 5.66. The minimum Gasteiger partial charge on any atom is -0.366 e. The Morgan fingerprint density at radius 2 is 2.38 bits per heavy atom. The Morgan fingerprint density at radius 1 is 1.62 bits per heavy atom. The number of ether oxygens (including phenoxy) is 1. The third-order valence-corrected chi connectivity index (χ3v) is 1.55. The molecule has 1 rings (SSSR count). The first-order valence-corrected chi connectivity index (χ1v) is 4.29. The molecule has 1 aromatic heterocycles. The summed E-state index contributed by atoms with van der Waals surface area (Å²) in [6, 6.07) is 0. The zero-order valence-electron chi connectivity index (χ0n) is 7.88. The number of rotatable bonds is 5. The Morgan fingerprint density at radius 3 is 2.85 bits per heavy atom. The molecule has 0 aliphatic heterocycles. The first-order valence-electron chi connectivity index (χ1n) is 4.29. The maximum absolute atomic E-state index is 10.6. The van der Waals surface area contributed by atoms with Gasteiger partial charge in [-0.3, -0.25) is 0 Å². The smallest absolute Gasteiger partial charge is 0.150 e. The van der Waals surface area contributed by atoms with Crippen LogP contribution in [0.1, 0.15) is 13.8 Å². The summed E-state index contributed by atoms with van der Waals surface area (Å²) in [5, 5.41) is 0. The predicted molar refractivity (Wildman–Crippen MR) is 48.3 cm³/mol. The Labute approximate surface area is 77.5 Å². The molecule has 0 saturated carbocycles. The molecule has 0 spiro atoms. The predicted octanol–water partition coefficient (Wildman–Crippen LogP) is 0.876. The lowest BCUT2D eigenvalue weighted by Gasteiger charge is -2.14. The number of hydrogen-bond donors (Lipinski definition) is 0. The molecule has 0 amide bonds. The largest absolute Gasteiger partial charge is 0.366 e. The molecular formula is C9H14N2O2. The number of carbonyl (C=O) groups is 1. The summed E-state index contributed by atoms with van der Waals surface area (Å²) in [7, 11) is 0. The molecule has 1 atom stereocenters. The fourth-order valence-electron chi connectivity index (χ4n) is 1.07. The van der Waals surface area contributed by atoms with Gasteiger partial charge in [-0.2, -0.15) is 0 Å². The molecule has 1 aromatic rings. The van der Waals surface area contributed by atoms with E-state index in [-0.39, 0.29) is 12.2 Å². The third-order valence-electron chi connectivity index (χ3n) is 1.55. The number of aldehydes is 1. The fraction of sp³-hybridized carbons (Fsp3) is 0.556. The molecule has 0 bridgehead atoms. The molecule has 0 fully saturated rings. The van der Waals surface area contributed by atoms with E-state index < -0.39 is 0 Å². The maximum atomic E-state index is 10.6. The topological polar surface area (TPSA) is 44.1 Å². The lowest BCUT2D eigenvalue weighted by molar-refractivity contribution is -0.121. The first kappa shape index (κ1) is 9.92. The lowest BCUT2D eigenvalue weighted by Crippen LogP contribution is -2.24. The van der Waals surface area contributed by atoms with E-state index in [0.29, 0.717) is 6.54 Å². The van der Waals surface area contributed by atoms with Crippen molar-refractivity contribution in [3.05, 3.63) is 18.7 Å². The van der Waals surface area contributed by atoms with Crippen LogP contribution in [0.15, 0.2) is 18.7 Å². The Balaban J connectivity index is 2.45. The zero-order valence-corrected chi connectivity index (χ0v) is 7.88. The molecule has 0 radical (unpaired) electrons. The number of aromatic nitrogens is 2. The van der Waals surface area contributed by atoms with E-state index in [1.54, 1.807) is 18.7 Å². The highest BCUT2D eigenvalue weighted by atomic mass is 16.5. The molecule has 0 aliphatic carbocycles. The molecule has 1 heterocycles. The van der Waals surface area contributed by atoms with Crippen LogP contribution in [0.5, 0.6) is 0 Å². The summed E-state index contributed by atoms with van der Waals surface area (Å²) in [5.74, 6) is 0. The van der Waals surface area contributed by atoms with Gasteiger partial charge in [0.2, 0.25) is 0 Å². The number of hydrogen-bond acceptors (Lipinski definition) is 3. The van der Waals surface area contributed by atoms with E-state index in [4.69, 9.17) is 4.74 Å². The highest BCUT2D eigenvalue weighted by molar-refractivity contribution is 5.55. The van der Waals surface area contributed by atoms with Crippen molar-refractivity contribution in [1.82, 2.24) is 9.55 Å². The van der Waals surface area contributed by atoms with Crippen LogP contribution in [0, 0.1) is 0 Å². The summed E-state index contributed by atoms with van der Waals surface area (Å²) in [6.45, 7) is 4.34. The van der Waals surface area contributed by atoms with Crippen molar-refractivity contribution < 1.29 is 9.53 Å². The Bertz CT molecular complexity index is 244. The lowest BCUT2D eigenvalue weighted by atomic mass is 10.3. The first-order chi connectivity index (χ1) is 6.22. The second-order valence-electron chi connectivity index (χ2n) is 3.12. The molecule has 4 nitrogen and oxygen atoms in total. The molecule has 1 unspecified atom stereocenters. The highest BCUT2D eigenvalue weighted by Gasteiger charge is 2.09. The van der Waals surface area contributed by atoms with Gasteiger partial charge in [-0.25, -0.2) is 4.98 Å². The summed E-state index contributed by atoms with van der Waals surface area (Å²) in [4.78, 5) is 14.5. The van der Waals surface area contributed by atoms with E-state index in [1.165, 1.54) is 0 Å². The van der Waals surface area contributed by atoms with Gasteiger partial charge < -0.3 is 14.1 Å². The monoisotopic (exact) mass is 182 g/mol. The van der Waals surface area contributed by atoms with Crippen molar-refractivity contribution in [2.45, 2.75) is 32.6 Å². The Hall–Kier alpha value is -1.16. The average molecular weight is 182 g/mol. The van der Waals surface area contributed by atoms with Crippen LogP contribution in [0.4, 0.5) is 0 Å². The normalized spacial score (nSPS) is 13.2. The van der Waals surface area contributed by atoms with Crippen molar-refractivity contribution in [3.8, 4) is 0 Å². The number of carbonyl (C=O) groups excluding carboxylic acids is 1. The van der Waals surface area contributed by atoms with E-state index in [9.17, 15) is 4.79 Å². The van der Waals surface area contributed by atoms with Gasteiger partial charge >= 0.3 is 0 Å². The van der Waals surface area contributed by atoms with Crippen LogP contribution in [0.25, 0.3) is 0 Å². The van der Waals surface area contributed by atoms with Gasteiger partial charge in [-0.05, 0) is 13.8 Å². The van der Waals surface area contributed by atoms with E-state index in [2.05, 4.69) is 4.98 Å². The van der Waals surface area contributed by atoms with Crippen LogP contribution >= 0.6 is 0 Å². The summed E-state index contributed by atoms with van der Waals surface area (Å²) >= 11 is 0. The molecule has 0 aliphatic rings. The minimum atomic E-state index is -0.380. The molecule has 0 saturated heterocycles. The second-order valence-corrected chi connectivity index (χ2v) is 3.12. The summed E-state index contributed by atoms with van der Waals surface area (Å²) in [5.41, 5.74) is 0. The number of imidazole rings is 1. The molecule has 0 aromatic carbocycles. The van der Waals surface area contributed by atoms with Crippen molar-refractivity contribution >= 4 is 6.29 Å². The van der Waals surface area contributed by atoms with E-state index in [0.717, 1.165) is 6.29 Å². The highest BCUT2D eigenvalue weighted by Crippen LogP contribution is 1.99. The van der Waals surface area contributed by atoms with Crippen LogP contribution in [-0.2, 0) is 16.1 Å². The van der Waals surface area contributed by atoms with E-state index in [1.807, 2.05) is 18.4 Å². The molecule has 72 valence electrons. The van der Waals surface area contributed by atoms with Crippen molar-refractivity contribution in [1.29, 1.82) is 0 Å². The molecule has 13 heavy (non-hydrogen) atoms. The SMILES string of the molecule is CC(C)OC(C=O)Cn1ccnc1. The van der Waals surface area contributed by atoms with Gasteiger partial charge in [0.1, 0.15) is 6.10 Å². The fourth-order valence-corrected chi connectivity index (χ4v) is 1.07. The van der Waals surface area contributed by atoms with Crippen molar-refractivity contribution in [3.63, 3.8) is 0 Å². The molecular weight excluding hydrogens is 168 g/mol. The van der Waals surface area contributed by atoms with Gasteiger partial charge in [0.25, 0.3) is 0 Å². The zero-order chi connectivity index (χ0) is 9.68. The van der Waals surface area contributed by atoms with Gasteiger partial charge in [0, 0.05) is 12.4 Å². The van der Waals surface area contributed by atoms with Gasteiger partial charge in [-0.1, -0.05) is 0 Å². The summed E-state index contributed by atoms with van der Waals surface area (Å²) < 4.78 is 7.18. The van der Waals surface area contributed by atoms with Crippen molar-refractivity contribution in [2.24, 2.45) is 0 Å². The molecule has 4 heteroatoms. The van der Waals surface area contributed by atoms with Crippen LogP contribution in [-0.4, -0.2) is 28.0 Å². The van der Waals surface area contributed by atoms with E-state index >= 15 is 0 Å². The average Bonchev–Trinajstić information content (AvgIpc) is 2.55. The second kappa shape index (κ2) is 4.77. The quantitative estimate of drug-likeness (QED) is 0.635. The standard InChI is InChI=1S/C9H14N2O2/c1-8(2)13-9(6-12)5-11-4-3-10-7-11/h3-4,6-9H,5H2,1-2H3.